The van der Waals surface area contributed by atoms with E-state index in [-0.39, 0.29) is 5.91 Å². The van der Waals surface area contributed by atoms with Gasteiger partial charge in [-0.05, 0) is 38.0 Å². The number of amides is 1. The van der Waals surface area contributed by atoms with Crippen molar-refractivity contribution in [2.75, 3.05) is 11.1 Å². The van der Waals surface area contributed by atoms with Gasteiger partial charge < -0.3 is 11.1 Å². The smallest absolute Gasteiger partial charge is 0.257 e. The molecule has 0 fully saturated rings. The Labute approximate surface area is 105 Å². The number of carbonyl (C=O) groups is 1. The summed E-state index contributed by atoms with van der Waals surface area (Å²) in [5, 5.41) is 9.46. The molecule has 1 aromatic heterocycles. The second-order valence-corrected chi connectivity index (χ2v) is 4.41. The van der Waals surface area contributed by atoms with Crippen molar-refractivity contribution in [3.63, 3.8) is 0 Å². The summed E-state index contributed by atoms with van der Waals surface area (Å²) in [4.78, 5) is 12.1. The number of nitrogens with one attached hydrogen (secondary N) is 2. The number of hydrogen-bond acceptors (Lipinski definition) is 3. The Bertz CT molecular complexity index is 601. The highest BCUT2D eigenvalue weighted by atomic mass is 16.1. The summed E-state index contributed by atoms with van der Waals surface area (Å²) >= 11 is 0. The average Bonchev–Trinajstić information content (AvgIpc) is 2.69. The highest BCUT2D eigenvalue weighted by Crippen LogP contribution is 2.19. The van der Waals surface area contributed by atoms with Gasteiger partial charge in [0.2, 0.25) is 0 Å². The lowest BCUT2D eigenvalue weighted by molar-refractivity contribution is 0.102. The molecule has 0 spiro atoms. The van der Waals surface area contributed by atoms with Crippen molar-refractivity contribution in [3.05, 3.63) is 40.6 Å². The lowest BCUT2D eigenvalue weighted by Gasteiger charge is -2.08. The van der Waals surface area contributed by atoms with Gasteiger partial charge in [-0.25, -0.2) is 0 Å². The number of carbonyl (C=O) groups excluding carboxylic acids is 1. The first-order valence-electron chi connectivity index (χ1n) is 5.67. The van der Waals surface area contributed by atoms with E-state index in [1.165, 1.54) is 0 Å². The van der Waals surface area contributed by atoms with Crippen LogP contribution in [0.5, 0.6) is 0 Å². The number of aromatic amines is 1. The number of nitrogens with zero attached hydrogens (tertiary/aromatic N) is 1. The molecule has 94 valence electrons. The lowest BCUT2D eigenvalue weighted by atomic mass is 10.0. The van der Waals surface area contributed by atoms with Crippen LogP contribution in [0.2, 0.25) is 0 Å². The molecule has 2 aromatic rings. The van der Waals surface area contributed by atoms with Gasteiger partial charge in [0.1, 0.15) is 0 Å². The van der Waals surface area contributed by atoms with Crippen molar-refractivity contribution in [2.45, 2.75) is 20.8 Å². The van der Waals surface area contributed by atoms with Crippen molar-refractivity contribution in [1.29, 1.82) is 0 Å². The maximum atomic E-state index is 12.1. The molecule has 0 atom stereocenters. The van der Waals surface area contributed by atoms with Crippen LogP contribution in [-0.4, -0.2) is 16.1 Å². The number of hydrogen-bond donors (Lipinski definition) is 3. The normalized spacial score (nSPS) is 10.4. The van der Waals surface area contributed by atoms with Gasteiger partial charge in [0.25, 0.3) is 5.91 Å². The van der Waals surface area contributed by atoms with Crippen LogP contribution in [0.25, 0.3) is 0 Å². The summed E-state index contributed by atoms with van der Waals surface area (Å²) in [6.07, 6.45) is 0. The predicted molar refractivity (Wildman–Crippen MR) is 71.6 cm³/mol. The Hall–Kier alpha value is -2.30. The standard InChI is InChI=1S/C13H16N4O/c1-7-4-8(2)11(14)6-10(7)13(18)15-12-5-9(3)16-17-12/h4-6H,14H2,1-3H3,(H2,15,16,17,18). The third-order valence-electron chi connectivity index (χ3n) is 2.81. The summed E-state index contributed by atoms with van der Waals surface area (Å²) in [6.45, 7) is 5.68. The number of anilines is 2. The van der Waals surface area contributed by atoms with Crippen LogP contribution in [0.4, 0.5) is 11.5 Å². The number of benzene rings is 1. The van der Waals surface area contributed by atoms with E-state index < -0.39 is 0 Å². The largest absolute Gasteiger partial charge is 0.398 e. The van der Waals surface area contributed by atoms with Crippen LogP contribution in [-0.2, 0) is 0 Å². The molecule has 1 heterocycles. The van der Waals surface area contributed by atoms with Gasteiger partial charge in [-0.1, -0.05) is 6.07 Å². The summed E-state index contributed by atoms with van der Waals surface area (Å²) in [5.41, 5.74) is 9.77. The number of H-pyrrole nitrogens is 1. The van der Waals surface area contributed by atoms with E-state index in [2.05, 4.69) is 15.5 Å². The molecule has 0 radical (unpaired) electrons. The molecule has 4 N–H and O–H groups in total. The molecule has 18 heavy (non-hydrogen) atoms. The quantitative estimate of drug-likeness (QED) is 0.708. The fraction of sp³-hybridized carbons (Fsp3) is 0.231. The lowest BCUT2D eigenvalue weighted by Crippen LogP contribution is -2.14. The van der Waals surface area contributed by atoms with E-state index in [0.29, 0.717) is 17.1 Å². The van der Waals surface area contributed by atoms with Gasteiger partial charge in [-0.3, -0.25) is 9.89 Å². The summed E-state index contributed by atoms with van der Waals surface area (Å²) in [5.74, 6) is 0.307. The van der Waals surface area contributed by atoms with Crippen LogP contribution >= 0.6 is 0 Å². The molecular formula is C13H16N4O. The molecule has 0 aliphatic heterocycles. The first-order valence-corrected chi connectivity index (χ1v) is 5.67. The Kier molecular flexibility index (Phi) is 3.06. The summed E-state index contributed by atoms with van der Waals surface area (Å²) in [7, 11) is 0. The van der Waals surface area contributed by atoms with Gasteiger partial charge in [0, 0.05) is 23.0 Å². The number of nitrogens with two attached hydrogens (primary N) is 1. The Morgan fingerprint density at radius 2 is 1.94 bits per heavy atom. The van der Waals surface area contributed by atoms with Gasteiger partial charge in [-0.15, -0.1) is 0 Å². The molecule has 5 heteroatoms. The second kappa shape index (κ2) is 4.52. The van der Waals surface area contributed by atoms with Gasteiger partial charge >= 0.3 is 0 Å². The topological polar surface area (TPSA) is 83.8 Å². The van der Waals surface area contributed by atoms with E-state index in [1.807, 2.05) is 26.8 Å². The Balaban J connectivity index is 2.26. The van der Waals surface area contributed by atoms with Crippen molar-refractivity contribution in [3.8, 4) is 0 Å². The summed E-state index contributed by atoms with van der Waals surface area (Å²) in [6, 6.07) is 5.37. The minimum absolute atomic E-state index is 0.203. The monoisotopic (exact) mass is 244 g/mol. The van der Waals surface area contributed by atoms with Crippen LogP contribution in [0.15, 0.2) is 18.2 Å². The molecule has 0 saturated heterocycles. The van der Waals surface area contributed by atoms with Gasteiger partial charge in [0.15, 0.2) is 5.82 Å². The first kappa shape index (κ1) is 12.2. The molecule has 1 amide bonds. The number of aryl methyl sites for hydroxylation is 3. The fourth-order valence-corrected chi connectivity index (χ4v) is 1.78. The highest BCUT2D eigenvalue weighted by Gasteiger charge is 2.12. The number of rotatable bonds is 2. The third-order valence-corrected chi connectivity index (χ3v) is 2.81. The first-order chi connectivity index (χ1) is 8.47. The molecule has 0 aliphatic carbocycles. The minimum Gasteiger partial charge on any atom is -0.398 e. The third kappa shape index (κ3) is 2.34. The molecule has 2 rings (SSSR count). The summed E-state index contributed by atoms with van der Waals surface area (Å²) < 4.78 is 0. The maximum Gasteiger partial charge on any atom is 0.257 e. The van der Waals surface area contributed by atoms with E-state index >= 15 is 0 Å². The molecule has 1 aromatic carbocycles. The molecule has 0 bridgehead atoms. The zero-order valence-corrected chi connectivity index (χ0v) is 10.7. The van der Waals surface area contributed by atoms with E-state index in [9.17, 15) is 4.79 Å². The van der Waals surface area contributed by atoms with Crippen molar-refractivity contribution >= 4 is 17.4 Å². The second-order valence-electron chi connectivity index (χ2n) is 4.41. The molecule has 0 aliphatic rings. The minimum atomic E-state index is -0.203. The number of aromatic nitrogens is 2. The van der Waals surface area contributed by atoms with E-state index in [1.54, 1.807) is 12.1 Å². The molecule has 5 nitrogen and oxygen atoms in total. The van der Waals surface area contributed by atoms with Crippen molar-refractivity contribution < 1.29 is 4.79 Å². The predicted octanol–water partition coefficient (Wildman–Crippen LogP) is 2.17. The van der Waals surface area contributed by atoms with Crippen molar-refractivity contribution in [2.24, 2.45) is 0 Å². The van der Waals surface area contributed by atoms with E-state index in [4.69, 9.17) is 5.73 Å². The zero-order chi connectivity index (χ0) is 13.3. The van der Waals surface area contributed by atoms with Crippen molar-refractivity contribution in [1.82, 2.24) is 10.2 Å². The van der Waals surface area contributed by atoms with Crippen LogP contribution in [0.3, 0.4) is 0 Å². The van der Waals surface area contributed by atoms with Gasteiger partial charge in [-0.2, -0.15) is 5.10 Å². The average molecular weight is 244 g/mol. The fourth-order valence-electron chi connectivity index (χ4n) is 1.78. The SMILES string of the molecule is Cc1cc(NC(=O)c2cc(N)c(C)cc2C)n[nH]1. The van der Waals surface area contributed by atoms with Crippen LogP contribution in [0.1, 0.15) is 27.2 Å². The number of nitrogen functional groups attached to an aromatic ring is 1. The Morgan fingerprint density at radius 1 is 1.22 bits per heavy atom. The van der Waals surface area contributed by atoms with Crippen LogP contribution in [0, 0.1) is 20.8 Å². The molecular weight excluding hydrogens is 228 g/mol. The maximum absolute atomic E-state index is 12.1. The van der Waals surface area contributed by atoms with Crippen LogP contribution < -0.4 is 11.1 Å². The van der Waals surface area contributed by atoms with Gasteiger partial charge in [0.05, 0.1) is 0 Å². The zero-order valence-electron chi connectivity index (χ0n) is 10.7. The highest BCUT2D eigenvalue weighted by molar-refractivity contribution is 6.05. The molecule has 0 saturated carbocycles. The molecule has 0 unspecified atom stereocenters. The Morgan fingerprint density at radius 3 is 2.56 bits per heavy atom. The van der Waals surface area contributed by atoms with E-state index in [0.717, 1.165) is 16.8 Å².